The fraction of sp³-hybridized carbons (Fsp3) is 0.667. The van der Waals surface area contributed by atoms with Crippen LogP contribution < -0.4 is 0 Å². The van der Waals surface area contributed by atoms with Crippen molar-refractivity contribution in [2.75, 3.05) is 7.11 Å². The molecule has 0 saturated carbocycles. The van der Waals surface area contributed by atoms with Crippen molar-refractivity contribution in [1.29, 1.82) is 0 Å². The van der Waals surface area contributed by atoms with Crippen molar-refractivity contribution in [1.82, 2.24) is 9.78 Å². The maximum absolute atomic E-state index is 12.1. The molecule has 4 heteroatoms. The average molecular weight is 224 g/mol. The molecule has 0 amide bonds. The van der Waals surface area contributed by atoms with Crippen molar-refractivity contribution in [3.63, 3.8) is 0 Å². The summed E-state index contributed by atoms with van der Waals surface area (Å²) in [4.78, 5) is 12.1. The lowest BCUT2D eigenvalue weighted by Crippen LogP contribution is -2.38. The number of carbonyl (C=O) groups is 1. The van der Waals surface area contributed by atoms with Crippen molar-refractivity contribution >= 4 is 5.78 Å². The van der Waals surface area contributed by atoms with Crippen molar-refractivity contribution in [3.05, 3.63) is 17.5 Å². The monoisotopic (exact) mass is 224 g/mol. The van der Waals surface area contributed by atoms with Gasteiger partial charge in [0.05, 0.1) is 12.1 Å². The quantitative estimate of drug-likeness (QED) is 0.764. The maximum atomic E-state index is 12.1. The minimum atomic E-state index is -0.682. The van der Waals surface area contributed by atoms with Crippen molar-refractivity contribution in [2.24, 2.45) is 7.05 Å². The summed E-state index contributed by atoms with van der Waals surface area (Å²) in [5.74, 6) is 0.0977. The standard InChI is InChI=1S/C12H20N2O2/c1-6-12(3,16-5)11(15)8-10-7-9(2)13-14(10)4/h7H,6,8H2,1-5H3. The molecule has 1 atom stereocenters. The molecule has 4 nitrogen and oxygen atoms in total. The Morgan fingerprint density at radius 1 is 1.62 bits per heavy atom. The van der Waals surface area contributed by atoms with E-state index in [2.05, 4.69) is 5.10 Å². The molecule has 1 rings (SSSR count). The molecule has 1 aromatic heterocycles. The summed E-state index contributed by atoms with van der Waals surface area (Å²) in [7, 11) is 3.43. The average Bonchev–Trinajstić information content (AvgIpc) is 2.56. The summed E-state index contributed by atoms with van der Waals surface area (Å²) in [5.41, 5.74) is 1.18. The number of rotatable bonds is 5. The molecule has 0 fully saturated rings. The lowest BCUT2D eigenvalue weighted by Gasteiger charge is -2.24. The Labute approximate surface area is 96.6 Å². The van der Waals surface area contributed by atoms with Gasteiger partial charge in [-0.2, -0.15) is 5.10 Å². The molecule has 0 aliphatic rings. The van der Waals surface area contributed by atoms with Crippen molar-refractivity contribution in [3.8, 4) is 0 Å². The van der Waals surface area contributed by atoms with E-state index in [1.54, 1.807) is 11.8 Å². The summed E-state index contributed by atoms with van der Waals surface area (Å²) in [6.07, 6.45) is 1.05. The topological polar surface area (TPSA) is 44.1 Å². The van der Waals surface area contributed by atoms with Gasteiger partial charge in [0.25, 0.3) is 0 Å². The third-order valence-corrected chi connectivity index (χ3v) is 3.16. The largest absolute Gasteiger partial charge is 0.371 e. The first-order valence-electron chi connectivity index (χ1n) is 5.51. The highest BCUT2D eigenvalue weighted by Crippen LogP contribution is 2.18. The minimum Gasteiger partial charge on any atom is -0.371 e. The highest BCUT2D eigenvalue weighted by Gasteiger charge is 2.31. The lowest BCUT2D eigenvalue weighted by molar-refractivity contribution is -0.138. The van der Waals surface area contributed by atoms with Crippen LogP contribution in [0.4, 0.5) is 0 Å². The molecule has 0 bridgehead atoms. The third kappa shape index (κ3) is 2.50. The Morgan fingerprint density at radius 3 is 2.62 bits per heavy atom. The maximum Gasteiger partial charge on any atom is 0.170 e. The molecule has 1 unspecified atom stereocenters. The number of aryl methyl sites for hydroxylation is 2. The smallest absolute Gasteiger partial charge is 0.170 e. The van der Waals surface area contributed by atoms with Gasteiger partial charge in [-0.1, -0.05) is 6.92 Å². The van der Waals surface area contributed by atoms with Crippen LogP contribution in [-0.2, 0) is 23.0 Å². The van der Waals surface area contributed by atoms with Gasteiger partial charge in [-0.15, -0.1) is 0 Å². The Bertz CT molecular complexity index is 378. The Balaban J connectivity index is 2.82. The number of ether oxygens (including phenoxy) is 1. The zero-order chi connectivity index (χ0) is 12.3. The van der Waals surface area contributed by atoms with Gasteiger partial charge >= 0.3 is 0 Å². The summed E-state index contributed by atoms with van der Waals surface area (Å²) in [6, 6.07) is 1.93. The summed E-state index contributed by atoms with van der Waals surface area (Å²) in [6.45, 7) is 5.71. The summed E-state index contributed by atoms with van der Waals surface area (Å²) in [5, 5.41) is 4.22. The van der Waals surface area contributed by atoms with E-state index in [1.165, 1.54) is 0 Å². The van der Waals surface area contributed by atoms with Crippen LogP contribution in [0.1, 0.15) is 31.7 Å². The molecule has 0 spiro atoms. The van der Waals surface area contributed by atoms with Gasteiger partial charge in [-0.3, -0.25) is 9.48 Å². The highest BCUT2D eigenvalue weighted by molar-refractivity contribution is 5.88. The number of aromatic nitrogens is 2. The van der Waals surface area contributed by atoms with Crippen LogP contribution in [0.5, 0.6) is 0 Å². The first-order valence-corrected chi connectivity index (χ1v) is 5.51. The Kier molecular flexibility index (Phi) is 3.86. The van der Waals surface area contributed by atoms with E-state index >= 15 is 0 Å². The summed E-state index contributed by atoms with van der Waals surface area (Å²) >= 11 is 0. The van der Waals surface area contributed by atoms with Gasteiger partial charge in [0.1, 0.15) is 5.60 Å². The van der Waals surface area contributed by atoms with Gasteiger partial charge in [-0.05, 0) is 26.3 Å². The van der Waals surface area contributed by atoms with E-state index in [9.17, 15) is 4.79 Å². The second kappa shape index (κ2) is 4.78. The first-order chi connectivity index (χ1) is 7.42. The van der Waals surface area contributed by atoms with Crippen LogP contribution in [0.15, 0.2) is 6.07 Å². The molecule has 1 heterocycles. The molecule has 16 heavy (non-hydrogen) atoms. The van der Waals surface area contributed by atoms with Crippen LogP contribution in [0, 0.1) is 6.92 Å². The third-order valence-electron chi connectivity index (χ3n) is 3.16. The predicted octanol–water partition coefficient (Wildman–Crippen LogP) is 1.66. The highest BCUT2D eigenvalue weighted by atomic mass is 16.5. The number of ketones is 1. The number of methoxy groups -OCH3 is 1. The van der Waals surface area contributed by atoms with Gasteiger partial charge < -0.3 is 4.74 Å². The Morgan fingerprint density at radius 2 is 2.25 bits per heavy atom. The van der Waals surface area contributed by atoms with Gasteiger partial charge in [0, 0.05) is 19.9 Å². The summed E-state index contributed by atoms with van der Waals surface area (Å²) < 4.78 is 7.04. The lowest BCUT2D eigenvalue weighted by atomic mass is 9.94. The SMILES string of the molecule is CCC(C)(OC)C(=O)Cc1cc(C)nn1C. The number of Topliss-reactive ketones (excluding diaryl/α,β-unsaturated/α-hetero) is 1. The van der Waals surface area contributed by atoms with E-state index in [0.717, 1.165) is 11.4 Å². The van der Waals surface area contributed by atoms with Crippen LogP contribution >= 0.6 is 0 Å². The second-order valence-corrected chi connectivity index (χ2v) is 4.29. The van der Waals surface area contributed by atoms with Crippen LogP contribution in [0.25, 0.3) is 0 Å². The van der Waals surface area contributed by atoms with Crippen molar-refractivity contribution in [2.45, 2.75) is 39.2 Å². The second-order valence-electron chi connectivity index (χ2n) is 4.29. The molecule has 1 aromatic rings. The molecule has 0 aliphatic heterocycles. The molecule has 0 N–H and O–H groups in total. The number of carbonyl (C=O) groups excluding carboxylic acids is 1. The molecule has 90 valence electrons. The van der Waals surface area contributed by atoms with Gasteiger partial charge in [-0.25, -0.2) is 0 Å². The molecular formula is C12H20N2O2. The fourth-order valence-corrected chi connectivity index (χ4v) is 1.64. The molecular weight excluding hydrogens is 204 g/mol. The number of hydrogen-bond acceptors (Lipinski definition) is 3. The molecule has 0 saturated heterocycles. The molecule has 0 radical (unpaired) electrons. The number of nitrogens with zero attached hydrogens (tertiary/aromatic N) is 2. The van der Waals surface area contributed by atoms with Crippen LogP contribution in [0.2, 0.25) is 0 Å². The zero-order valence-corrected chi connectivity index (χ0v) is 10.7. The Hall–Kier alpha value is -1.16. The molecule has 0 aliphatic carbocycles. The first kappa shape index (κ1) is 12.9. The predicted molar refractivity (Wildman–Crippen MR) is 62.4 cm³/mol. The van der Waals surface area contributed by atoms with Gasteiger partial charge in [0.2, 0.25) is 0 Å². The van der Waals surface area contributed by atoms with E-state index in [0.29, 0.717) is 12.8 Å². The van der Waals surface area contributed by atoms with Crippen LogP contribution in [-0.4, -0.2) is 28.3 Å². The van der Waals surface area contributed by atoms with E-state index in [4.69, 9.17) is 4.74 Å². The van der Waals surface area contributed by atoms with Crippen molar-refractivity contribution < 1.29 is 9.53 Å². The van der Waals surface area contributed by atoms with E-state index in [1.807, 2.05) is 33.9 Å². The van der Waals surface area contributed by atoms with Crippen LogP contribution in [0.3, 0.4) is 0 Å². The van der Waals surface area contributed by atoms with E-state index in [-0.39, 0.29) is 5.78 Å². The zero-order valence-electron chi connectivity index (χ0n) is 10.7. The normalized spacial score (nSPS) is 14.8. The van der Waals surface area contributed by atoms with Gasteiger partial charge in [0.15, 0.2) is 5.78 Å². The van der Waals surface area contributed by atoms with E-state index < -0.39 is 5.60 Å². The fourth-order valence-electron chi connectivity index (χ4n) is 1.64. The molecule has 0 aromatic carbocycles. The number of hydrogen-bond donors (Lipinski definition) is 0. The minimum absolute atomic E-state index is 0.0977.